The maximum absolute atomic E-state index is 12.6. The average Bonchev–Trinajstić information content (AvgIpc) is 2.94. The number of aliphatic carboxylic acids is 1. The molecule has 1 aliphatic rings. The van der Waals surface area contributed by atoms with Crippen LogP contribution in [0.15, 0.2) is 42.5 Å². The van der Waals surface area contributed by atoms with Crippen LogP contribution in [0.3, 0.4) is 0 Å². The molecular formula is C18H16ClNO4. The molecule has 1 aliphatic carbocycles. The Hall–Kier alpha value is -2.53. The second-order valence-electron chi connectivity index (χ2n) is 5.81. The minimum Gasteiger partial charge on any atom is -0.495 e. The average molecular weight is 346 g/mol. The van der Waals surface area contributed by atoms with Gasteiger partial charge in [0.2, 0.25) is 0 Å². The number of benzene rings is 2. The Labute approximate surface area is 144 Å². The van der Waals surface area contributed by atoms with Gasteiger partial charge in [-0.25, -0.2) is 4.79 Å². The summed E-state index contributed by atoms with van der Waals surface area (Å²) in [5.74, 6) is -1.16. The van der Waals surface area contributed by atoms with E-state index in [1.54, 1.807) is 6.07 Å². The number of carbonyl (C=O) groups is 2. The second-order valence-corrected chi connectivity index (χ2v) is 6.22. The van der Waals surface area contributed by atoms with Crippen molar-refractivity contribution in [1.82, 2.24) is 5.32 Å². The van der Waals surface area contributed by atoms with Crippen LogP contribution in [0, 0.1) is 0 Å². The van der Waals surface area contributed by atoms with E-state index < -0.39 is 17.4 Å². The quantitative estimate of drug-likeness (QED) is 0.893. The van der Waals surface area contributed by atoms with Crippen molar-refractivity contribution in [2.75, 3.05) is 7.11 Å². The first kappa shape index (κ1) is 16.3. The van der Waals surface area contributed by atoms with E-state index in [2.05, 4.69) is 5.32 Å². The van der Waals surface area contributed by atoms with Crippen molar-refractivity contribution in [3.63, 3.8) is 0 Å². The van der Waals surface area contributed by atoms with Crippen LogP contribution in [0.5, 0.6) is 5.75 Å². The fraction of sp³-hybridized carbons (Fsp3) is 0.222. The number of ether oxygens (including phenoxy) is 1. The smallest absolute Gasteiger partial charge is 0.330 e. The number of methoxy groups -OCH3 is 1. The molecule has 124 valence electrons. The zero-order valence-corrected chi connectivity index (χ0v) is 13.8. The topological polar surface area (TPSA) is 75.6 Å². The molecule has 0 atom stereocenters. The molecule has 0 spiro atoms. The zero-order chi connectivity index (χ0) is 17.3. The van der Waals surface area contributed by atoms with E-state index in [1.807, 2.05) is 24.3 Å². The summed E-state index contributed by atoms with van der Waals surface area (Å²) >= 11 is 5.96. The van der Waals surface area contributed by atoms with Crippen LogP contribution in [-0.2, 0) is 17.6 Å². The van der Waals surface area contributed by atoms with E-state index in [9.17, 15) is 14.7 Å². The summed E-state index contributed by atoms with van der Waals surface area (Å²) in [5.41, 5.74) is 0.837. The molecule has 5 nitrogen and oxygen atoms in total. The van der Waals surface area contributed by atoms with Gasteiger partial charge < -0.3 is 15.2 Å². The Morgan fingerprint density at radius 1 is 1.17 bits per heavy atom. The van der Waals surface area contributed by atoms with Crippen LogP contribution >= 0.6 is 11.6 Å². The molecule has 0 aromatic heterocycles. The third-order valence-corrected chi connectivity index (χ3v) is 4.59. The highest BCUT2D eigenvalue weighted by Gasteiger charge is 2.45. The highest BCUT2D eigenvalue weighted by atomic mass is 35.5. The number of hydrogen-bond acceptors (Lipinski definition) is 3. The van der Waals surface area contributed by atoms with Crippen molar-refractivity contribution in [2.45, 2.75) is 18.4 Å². The van der Waals surface area contributed by atoms with Gasteiger partial charge in [-0.15, -0.1) is 0 Å². The summed E-state index contributed by atoms with van der Waals surface area (Å²) in [4.78, 5) is 24.4. The van der Waals surface area contributed by atoms with Crippen molar-refractivity contribution >= 4 is 23.5 Å². The van der Waals surface area contributed by atoms with Crippen molar-refractivity contribution in [3.05, 3.63) is 64.2 Å². The maximum Gasteiger partial charge on any atom is 0.330 e. The number of nitrogens with one attached hydrogen (secondary N) is 1. The number of hydrogen-bond donors (Lipinski definition) is 2. The first-order chi connectivity index (χ1) is 11.4. The number of halogens is 1. The van der Waals surface area contributed by atoms with Gasteiger partial charge >= 0.3 is 5.97 Å². The lowest BCUT2D eigenvalue weighted by molar-refractivity contribution is -0.144. The molecule has 0 saturated heterocycles. The first-order valence-corrected chi connectivity index (χ1v) is 7.79. The summed E-state index contributed by atoms with van der Waals surface area (Å²) in [7, 11) is 1.45. The van der Waals surface area contributed by atoms with Gasteiger partial charge in [0.15, 0.2) is 0 Å². The van der Waals surface area contributed by atoms with Gasteiger partial charge in [0, 0.05) is 18.4 Å². The summed E-state index contributed by atoms with van der Waals surface area (Å²) in [6.07, 6.45) is 0.518. The van der Waals surface area contributed by atoms with E-state index in [1.165, 1.54) is 19.2 Å². The fourth-order valence-corrected chi connectivity index (χ4v) is 3.19. The summed E-state index contributed by atoms with van der Waals surface area (Å²) in [6, 6.07) is 12.1. The molecule has 0 fully saturated rings. The van der Waals surface area contributed by atoms with E-state index in [-0.39, 0.29) is 12.8 Å². The lowest BCUT2D eigenvalue weighted by Crippen LogP contribution is -2.55. The van der Waals surface area contributed by atoms with Crippen molar-refractivity contribution in [1.29, 1.82) is 0 Å². The van der Waals surface area contributed by atoms with E-state index in [4.69, 9.17) is 16.3 Å². The van der Waals surface area contributed by atoms with Crippen LogP contribution in [0.1, 0.15) is 21.5 Å². The number of rotatable bonds is 4. The Balaban J connectivity index is 1.88. The Bertz CT molecular complexity index is 793. The van der Waals surface area contributed by atoms with E-state index >= 15 is 0 Å². The number of carboxylic acid groups (broad SMARTS) is 1. The molecule has 1 amide bonds. The minimum absolute atomic E-state index is 0.259. The zero-order valence-electron chi connectivity index (χ0n) is 13.0. The molecule has 3 rings (SSSR count). The predicted octanol–water partition coefficient (Wildman–Crippen LogP) is 2.70. The summed E-state index contributed by atoms with van der Waals surface area (Å²) in [6.45, 7) is 0. The van der Waals surface area contributed by atoms with Crippen LogP contribution in [0.25, 0.3) is 0 Å². The fourth-order valence-electron chi connectivity index (χ4n) is 3.00. The lowest BCUT2D eigenvalue weighted by Gasteiger charge is -2.25. The highest BCUT2D eigenvalue weighted by molar-refractivity contribution is 6.32. The molecule has 2 aromatic carbocycles. The standard InChI is InChI=1S/C18H16ClNO4/c1-24-15-8-11(6-7-14(15)19)16(21)20-18(17(22)23)9-12-4-2-3-5-13(12)10-18/h2-8H,9-10H2,1H3,(H,20,21)(H,22,23). The number of carbonyl (C=O) groups excluding carboxylic acids is 1. The van der Waals surface area contributed by atoms with Crippen LogP contribution in [0.4, 0.5) is 0 Å². The highest BCUT2D eigenvalue weighted by Crippen LogP contribution is 2.31. The van der Waals surface area contributed by atoms with Gasteiger partial charge in [-0.2, -0.15) is 0 Å². The molecule has 6 heteroatoms. The third-order valence-electron chi connectivity index (χ3n) is 4.28. The molecule has 2 aromatic rings. The number of amides is 1. The minimum atomic E-state index is -1.34. The Morgan fingerprint density at radius 3 is 2.33 bits per heavy atom. The first-order valence-electron chi connectivity index (χ1n) is 7.41. The number of fused-ring (bicyclic) bond motifs is 1. The molecule has 2 N–H and O–H groups in total. The lowest BCUT2D eigenvalue weighted by atomic mass is 9.95. The molecule has 24 heavy (non-hydrogen) atoms. The van der Waals surface area contributed by atoms with Gasteiger partial charge in [0.25, 0.3) is 5.91 Å². The van der Waals surface area contributed by atoms with Gasteiger partial charge in [0.1, 0.15) is 11.3 Å². The Kier molecular flexibility index (Phi) is 4.20. The maximum atomic E-state index is 12.6. The monoisotopic (exact) mass is 345 g/mol. The van der Waals surface area contributed by atoms with Crippen LogP contribution in [-0.4, -0.2) is 29.6 Å². The van der Waals surface area contributed by atoms with Crippen LogP contribution < -0.4 is 10.1 Å². The van der Waals surface area contributed by atoms with E-state index in [0.29, 0.717) is 16.3 Å². The normalized spacial score (nSPS) is 14.8. The molecule has 0 bridgehead atoms. The van der Waals surface area contributed by atoms with Crippen molar-refractivity contribution < 1.29 is 19.4 Å². The molecule has 0 radical (unpaired) electrons. The molecule has 0 aliphatic heterocycles. The van der Waals surface area contributed by atoms with Crippen LogP contribution in [0.2, 0.25) is 5.02 Å². The Morgan fingerprint density at radius 2 is 1.79 bits per heavy atom. The predicted molar refractivity (Wildman–Crippen MR) is 89.7 cm³/mol. The second kappa shape index (κ2) is 6.17. The van der Waals surface area contributed by atoms with Crippen molar-refractivity contribution in [2.24, 2.45) is 0 Å². The molecule has 0 unspecified atom stereocenters. The van der Waals surface area contributed by atoms with E-state index in [0.717, 1.165) is 11.1 Å². The molecule has 0 saturated carbocycles. The molecular weight excluding hydrogens is 330 g/mol. The summed E-state index contributed by atoms with van der Waals surface area (Å²) < 4.78 is 5.10. The third kappa shape index (κ3) is 2.83. The molecule has 0 heterocycles. The largest absolute Gasteiger partial charge is 0.495 e. The van der Waals surface area contributed by atoms with Gasteiger partial charge in [0.05, 0.1) is 12.1 Å². The van der Waals surface area contributed by atoms with Gasteiger partial charge in [-0.05, 0) is 29.3 Å². The van der Waals surface area contributed by atoms with Gasteiger partial charge in [-0.1, -0.05) is 35.9 Å². The summed E-state index contributed by atoms with van der Waals surface area (Å²) in [5, 5.41) is 12.8. The SMILES string of the molecule is COc1cc(C(=O)NC2(C(=O)O)Cc3ccccc3C2)ccc1Cl. The van der Waals surface area contributed by atoms with Gasteiger partial charge in [-0.3, -0.25) is 4.79 Å². The number of carboxylic acids is 1. The van der Waals surface area contributed by atoms with Crippen molar-refractivity contribution in [3.8, 4) is 5.75 Å².